The van der Waals surface area contributed by atoms with Crippen LogP contribution in [0.1, 0.15) is 28.7 Å². The van der Waals surface area contributed by atoms with E-state index < -0.39 is 0 Å². The van der Waals surface area contributed by atoms with Gasteiger partial charge in [0.15, 0.2) is 5.78 Å². The first-order valence-corrected chi connectivity index (χ1v) is 22.9. The number of benzene rings is 6. The van der Waals surface area contributed by atoms with Gasteiger partial charge in [-0.05, 0) is 109 Å². The molecule has 5 heterocycles. The average Bonchev–Trinajstić information content (AvgIpc) is 4.00. The van der Waals surface area contributed by atoms with Crippen molar-refractivity contribution in [1.29, 1.82) is 0 Å². The molecule has 0 spiro atoms. The summed E-state index contributed by atoms with van der Waals surface area (Å²) < 4.78 is 7.06. The van der Waals surface area contributed by atoms with E-state index in [1.807, 2.05) is 12.1 Å². The quantitative estimate of drug-likeness (QED) is 0.169. The molecule has 1 aliphatic carbocycles. The second-order valence-corrected chi connectivity index (χ2v) is 17.4. The Morgan fingerprint density at radius 3 is 1.83 bits per heavy atom. The second-order valence-electron chi connectivity index (χ2n) is 17.4. The van der Waals surface area contributed by atoms with Crippen LogP contribution in [0.2, 0.25) is 0 Å². The zero-order valence-corrected chi connectivity index (χ0v) is 36.7. The van der Waals surface area contributed by atoms with E-state index in [0.29, 0.717) is 29.9 Å². The van der Waals surface area contributed by atoms with E-state index in [1.165, 1.54) is 27.5 Å². The first-order chi connectivity index (χ1) is 32.5. The third-order valence-electron chi connectivity index (χ3n) is 13.8. The van der Waals surface area contributed by atoms with Gasteiger partial charge in [0.2, 0.25) is 0 Å². The van der Waals surface area contributed by atoms with Crippen molar-refractivity contribution in [2.45, 2.75) is 25.7 Å². The molecule has 0 fully saturated rings. The molecular weight excluding hydrogens is 809 g/mol. The van der Waals surface area contributed by atoms with Crippen LogP contribution in [0.25, 0.3) is 66.7 Å². The summed E-state index contributed by atoms with van der Waals surface area (Å²) in [7, 11) is 0. The van der Waals surface area contributed by atoms with Gasteiger partial charge >= 0.3 is 0 Å². The minimum atomic E-state index is -0.157. The predicted octanol–water partition coefficient (Wildman–Crippen LogP) is 12.4. The molecule has 6 aromatic carbocycles. The Balaban J connectivity index is 1.10. The van der Waals surface area contributed by atoms with Crippen LogP contribution in [-0.4, -0.2) is 32.6 Å². The highest BCUT2D eigenvalue weighted by Gasteiger charge is 2.36. The number of fused-ring (bicyclic) bond motifs is 11. The fraction of sp³-hybridized carbons (Fsp3) is 0.102. The van der Waals surface area contributed by atoms with Crippen molar-refractivity contribution in [2.24, 2.45) is 5.73 Å². The lowest BCUT2D eigenvalue weighted by Gasteiger charge is -2.35. The monoisotopic (exact) mass is 856 g/mol. The maximum Gasteiger partial charge on any atom is 0.193 e. The number of nitrogens with zero attached hydrogens (tertiary/aromatic N) is 4. The summed E-state index contributed by atoms with van der Waals surface area (Å²) in [5.74, 6) is 0.831. The molecule has 12 rings (SSSR count). The minimum absolute atomic E-state index is 0.157. The van der Waals surface area contributed by atoms with Crippen LogP contribution >= 0.6 is 0 Å². The number of Topliss-reactive ketones (excluding diaryl/α,β-unsaturated/α-hetero) is 1. The van der Waals surface area contributed by atoms with Gasteiger partial charge in [0.05, 0.1) is 45.0 Å². The van der Waals surface area contributed by atoms with Crippen molar-refractivity contribution >= 4 is 61.3 Å². The summed E-state index contributed by atoms with van der Waals surface area (Å²) in [6, 6.07) is 55.5. The normalized spacial score (nSPS) is 16.1. The van der Waals surface area contributed by atoms with E-state index in [9.17, 15) is 0 Å². The number of rotatable bonds is 5. The number of carbonyl (C=O) groups excluding carboxylic acids is 1. The third kappa shape index (κ3) is 5.97. The molecule has 0 bridgehead atoms. The number of aryl methyl sites for hydroxylation is 3. The number of hydrogen-bond donors (Lipinski definition) is 2. The van der Waals surface area contributed by atoms with Crippen LogP contribution < -0.4 is 16.0 Å². The first kappa shape index (κ1) is 39.5. The van der Waals surface area contributed by atoms with E-state index in [2.05, 4.69) is 188 Å². The Hall–Kier alpha value is -8.13. The number of ketones is 1. The van der Waals surface area contributed by atoms with E-state index in [4.69, 9.17) is 12.3 Å². The lowest BCUT2D eigenvalue weighted by atomic mass is 9.91. The molecule has 0 saturated heterocycles. The summed E-state index contributed by atoms with van der Waals surface area (Å²) in [4.78, 5) is 18.2. The molecule has 320 valence electrons. The first-order valence-electron chi connectivity index (χ1n) is 22.9. The fourth-order valence-corrected chi connectivity index (χ4v) is 11.0. The van der Waals surface area contributed by atoms with Gasteiger partial charge in [-0.1, -0.05) is 122 Å². The molecule has 0 amide bonds. The molecule has 0 atom stereocenters. The number of para-hydroxylation sites is 6. The van der Waals surface area contributed by atoms with E-state index >= 15 is 4.79 Å². The smallest absolute Gasteiger partial charge is 0.193 e. The van der Waals surface area contributed by atoms with Gasteiger partial charge in [0.25, 0.3) is 0 Å². The van der Waals surface area contributed by atoms with Crippen LogP contribution in [0.15, 0.2) is 206 Å². The molecule has 2 aliphatic heterocycles. The summed E-state index contributed by atoms with van der Waals surface area (Å²) in [5, 5.41) is 7.25. The summed E-state index contributed by atoms with van der Waals surface area (Å²) >= 11 is 0. The molecule has 9 aromatic rings. The summed E-state index contributed by atoms with van der Waals surface area (Å²) in [6.45, 7) is 10.2. The lowest BCUT2D eigenvalue weighted by molar-refractivity contribution is -0.112. The van der Waals surface area contributed by atoms with Gasteiger partial charge in [0.1, 0.15) is 5.82 Å². The summed E-state index contributed by atoms with van der Waals surface area (Å²) in [5.41, 5.74) is 23.3. The van der Waals surface area contributed by atoms with Gasteiger partial charge in [-0.3, -0.25) is 14.3 Å². The zero-order valence-electron chi connectivity index (χ0n) is 36.7. The zero-order chi connectivity index (χ0) is 44.5. The van der Waals surface area contributed by atoms with Crippen LogP contribution in [0.5, 0.6) is 0 Å². The highest BCUT2D eigenvalue weighted by Crippen LogP contribution is 2.50. The Morgan fingerprint density at radius 2 is 1.14 bits per heavy atom. The average molecular weight is 857 g/mol. The molecule has 7 nitrogen and oxygen atoms in total. The van der Waals surface area contributed by atoms with Gasteiger partial charge in [-0.2, -0.15) is 0 Å². The molecule has 3 N–H and O–H groups in total. The lowest BCUT2D eigenvalue weighted by Crippen LogP contribution is -2.32. The van der Waals surface area contributed by atoms with Gasteiger partial charge in [-0.15, -0.1) is 0 Å². The number of aromatic nitrogens is 3. The third-order valence-corrected chi connectivity index (χ3v) is 13.8. The highest BCUT2D eigenvalue weighted by atomic mass is 16.1. The number of nitrogens with two attached hydrogens (primary N) is 1. The van der Waals surface area contributed by atoms with Crippen molar-refractivity contribution in [1.82, 2.24) is 19.0 Å². The minimum Gasteiger partial charge on any atom is -0.405 e. The maximum atomic E-state index is 15.9. The maximum absolute atomic E-state index is 15.9. The van der Waals surface area contributed by atoms with Crippen LogP contribution in [-0.2, 0) is 24.1 Å². The van der Waals surface area contributed by atoms with Crippen LogP contribution in [0, 0.1) is 0 Å². The van der Waals surface area contributed by atoms with Crippen LogP contribution in [0.3, 0.4) is 0 Å². The van der Waals surface area contributed by atoms with Gasteiger partial charge < -0.3 is 20.2 Å². The highest BCUT2D eigenvalue weighted by molar-refractivity contribution is 6.17. The second kappa shape index (κ2) is 15.8. The topological polar surface area (TPSA) is 73.2 Å². The molecule has 3 aromatic heterocycles. The number of anilines is 2. The standard InChI is InChI=1S/C59H48N6O/c1-38-29-30-48-45-24-12-15-27-53(45)63(41-19-7-4-8-20-41)59(48)65(51-25-13-9-21-42(38)51)50-34-36-61-37-49(58(66)39(50)2)55(33-35-60)64-54-28-16-11-23-44(54)47-32-31-46-43-22-10-14-26-52(43)62(56(46)57(47)64)40-17-5-3-6-18-40/h3-28,33-35,61H,1-2,29-32,36-37,60H2/b35-33-,50-34?,55-49-. The van der Waals surface area contributed by atoms with Crippen LogP contribution in [0.4, 0.5) is 11.5 Å². The summed E-state index contributed by atoms with van der Waals surface area (Å²) in [6.07, 6.45) is 8.92. The molecule has 66 heavy (non-hydrogen) atoms. The van der Waals surface area contributed by atoms with E-state index in [1.54, 1.807) is 6.20 Å². The molecule has 0 radical (unpaired) electrons. The Bertz CT molecular complexity index is 3570. The fourth-order valence-electron chi connectivity index (χ4n) is 11.0. The van der Waals surface area contributed by atoms with Crippen molar-refractivity contribution in [3.05, 3.63) is 228 Å². The molecular formula is C59H48N6O. The van der Waals surface area contributed by atoms with Crippen molar-refractivity contribution in [2.75, 3.05) is 18.0 Å². The number of nitrogens with one attached hydrogen (secondary N) is 1. The number of allylic oxidation sites excluding steroid dienone is 4. The molecule has 3 aliphatic rings. The number of hydrogen-bond acceptors (Lipinski definition) is 4. The van der Waals surface area contributed by atoms with Crippen molar-refractivity contribution in [3.8, 4) is 22.8 Å². The molecule has 0 saturated carbocycles. The van der Waals surface area contributed by atoms with E-state index in [-0.39, 0.29) is 5.78 Å². The Kier molecular flexibility index (Phi) is 9.47. The van der Waals surface area contributed by atoms with Gasteiger partial charge in [0, 0.05) is 62.9 Å². The van der Waals surface area contributed by atoms with E-state index in [0.717, 1.165) is 98.7 Å². The van der Waals surface area contributed by atoms with Crippen molar-refractivity contribution in [3.63, 3.8) is 0 Å². The number of carbonyl (C=O) groups is 1. The van der Waals surface area contributed by atoms with Crippen molar-refractivity contribution < 1.29 is 4.79 Å². The predicted molar refractivity (Wildman–Crippen MR) is 272 cm³/mol. The molecule has 7 heteroatoms. The SMILES string of the molecule is C=C1C(=O)/C(=C(/C=C\N)n2c3c(c4ccccc42)CCc2c-3n(-c3ccccc3)c3ccccc23)CNCC=C1N1c2ccccc2C(=C)CCc2c1n(-c1ccccc1)c1ccccc21. The largest absolute Gasteiger partial charge is 0.405 e. The Labute approximate surface area is 384 Å². The Morgan fingerprint density at radius 1 is 0.591 bits per heavy atom. The van der Waals surface area contributed by atoms with Gasteiger partial charge in [-0.25, -0.2) is 0 Å². The molecule has 0 unspecified atom stereocenters.